The van der Waals surface area contributed by atoms with Gasteiger partial charge >= 0.3 is 0 Å². The molecule has 0 atom stereocenters. The second-order valence-corrected chi connectivity index (χ2v) is 4.59. The van der Waals surface area contributed by atoms with Crippen LogP contribution < -0.4 is 5.32 Å². The van der Waals surface area contributed by atoms with E-state index in [1.807, 2.05) is 11.4 Å². The molecule has 0 radical (unpaired) electrons. The fraction of sp³-hybridized carbons (Fsp3) is 0.250. The quantitative estimate of drug-likeness (QED) is 0.770. The molecule has 2 rings (SSSR count). The molecule has 2 heterocycles. The number of carbonyl (C=O) groups is 1. The van der Waals surface area contributed by atoms with Gasteiger partial charge in [-0.2, -0.15) is 5.10 Å². The molecule has 0 saturated carbocycles. The number of hydrogen-bond acceptors (Lipinski definition) is 5. The molecular formula is C12H12N4O2S. The van der Waals surface area contributed by atoms with Gasteiger partial charge in [-0.1, -0.05) is 11.8 Å². The van der Waals surface area contributed by atoms with Crippen LogP contribution in [-0.4, -0.2) is 32.4 Å². The van der Waals surface area contributed by atoms with E-state index in [4.69, 9.17) is 5.11 Å². The normalized spacial score (nSPS) is 9.74. The van der Waals surface area contributed by atoms with E-state index >= 15 is 0 Å². The highest BCUT2D eigenvalue weighted by Gasteiger charge is 2.06. The summed E-state index contributed by atoms with van der Waals surface area (Å²) in [6, 6.07) is 1.87. The van der Waals surface area contributed by atoms with Crippen LogP contribution >= 0.6 is 11.3 Å². The average Bonchev–Trinajstić information content (AvgIpc) is 3.05. The van der Waals surface area contributed by atoms with Crippen LogP contribution in [0.5, 0.6) is 0 Å². The summed E-state index contributed by atoms with van der Waals surface area (Å²) in [5, 5.41) is 17.2. The molecule has 0 bridgehead atoms. The van der Waals surface area contributed by atoms with Gasteiger partial charge in [-0.15, -0.1) is 11.3 Å². The van der Waals surface area contributed by atoms with Crippen LogP contribution in [0.25, 0.3) is 0 Å². The molecule has 0 aliphatic heterocycles. The Morgan fingerprint density at radius 3 is 3.21 bits per heavy atom. The molecule has 0 unspecified atom stereocenters. The molecule has 2 N–H and O–H groups in total. The third-order valence-corrected chi connectivity index (χ3v) is 3.19. The zero-order valence-corrected chi connectivity index (χ0v) is 10.9. The van der Waals surface area contributed by atoms with Crippen LogP contribution in [0.2, 0.25) is 0 Å². The largest absolute Gasteiger partial charge is 0.384 e. The number of nitrogens with one attached hydrogen (secondary N) is 1. The number of nitrogens with zero attached hydrogens (tertiary/aromatic N) is 3. The molecule has 0 aliphatic carbocycles. The van der Waals surface area contributed by atoms with Gasteiger partial charge in [-0.3, -0.25) is 4.79 Å². The smallest absolute Gasteiger partial charge is 0.242 e. The number of rotatable bonds is 4. The second kappa shape index (κ2) is 6.68. The summed E-state index contributed by atoms with van der Waals surface area (Å²) >= 11 is 1.52. The molecule has 0 aliphatic rings. The first-order chi connectivity index (χ1) is 9.29. The van der Waals surface area contributed by atoms with Gasteiger partial charge in [0.15, 0.2) is 0 Å². The average molecular weight is 276 g/mol. The highest BCUT2D eigenvalue weighted by atomic mass is 32.1. The highest BCUT2D eigenvalue weighted by molar-refractivity contribution is 7.10. The molecule has 19 heavy (non-hydrogen) atoms. The predicted octanol–water partition coefficient (Wildman–Crippen LogP) is -0.000200. The fourth-order valence-electron chi connectivity index (χ4n) is 1.42. The molecule has 6 nitrogen and oxygen atoms in total. The summed E-state index contributed by atoms with van der Waals surface area (Å²) in [7, 11) is 0. The van der Waals surface area contributed by atoms with Gasteiger partial charge in [0, 0.05) is 10.4 Å². The topological polar surface area (TPSA) is 80.0 Å². The molecule has 0 saturated heterocycles. The maximum atomic E-state index is 11.7. The van der Waals surface area contributed by atoms with E-state index in [1.165, 1.54) is 28.7 Å². The lowest BCUT2D eigenvalue weighted by molar-refractivity contribution is -0.122. The number of aliphatic hydroxyl groups is 1. The zero-order valence-electron chi connectivity index (χ0n) is 10.0. The van der Waals surface area contributed by atoms with Crippen LogP contribution in [0, 0.1) is 11.8 Å². The SMILES string of the molecule is O=C(Cn1cncn1)NCc1sccc1C#CCO. The molecule has 7 heteroatoms. The Labute approximate surface area is 114 Å². The second-order valence-electron chi connectivity index (χ2n) is 3.59. The van der Waals surface area contributed by atoms with Crippen molar-refractivity contribution in [2.45, 2.75) is 13.1 Å². The summed E-state index contributed by atoms with van der Waals surface area (Å²) in [4.78, 5) is 16.4. The van der Waals surface area contributed by atoms with Crippen molar-refractivity contribution in [2.75, 3.05) is 6.61 Å². The number of thiophene rings is 1. The minimum Gasteiger partial charge on any atom is -0.384 e. The number of aromatic nitrogens is 3. The van der Waals surface area contributed by atoms with E-state index in [-0.39, 0.29) is 19.1 Å². The Bertz CT molecular complexity index is 595. The summed E-state index contributed by atoms with van der Waals surface area (Å²) in [6.07, 6.45) is 2.87. The summed E-state index contributed by atoms with van der Waals surface area (Å²) in [5.74, 6) is 5.30. The minimum absolute atomic E-state index is 0.139. The Morgan fingerprint density at radius 2 is 2.47 bits per heavy atom. The Hall–Kier alpha value is -2.17. The first-order valence-electron chi connectivity index (χ1n) is 5.55. The van der Waals surface area contributed by atoms with Crippen molar-refractivity contribution in [3.63, 3.8) is 0 Å². The molecular weight excluding hydrogens is 264 g/mol. The van der Waals surface area contributed by atoms with E-state index in [0.29, 0.717) is 6.54 Å². The third-order valence-electron chi connectivity index (χ3n) is 2.27. The predicted molar refractivity (Wildman–Crippen MR) is 70.2 cm³/mol. The highest BCUT2D eigenvalue weighted by Crippen LogP contribution is 2.15. The summed E-state index contributed by atoms with van der Waals surface area (Å²) in [5.41, 5.74) is 0.833. The molecule has 0 aromatic carbocycles. The molecule has 2 aromatic rings. The maximum Gasteiger partial charge on any atom is 0.242 e. The van der Waals surface area contributed by atoms with Crippen molar-refractivity contribution < 1.29 is 9.90 Å². The molecule has 0 fully saturated rings. The van der Waals surface area contributed by atoms with Crippen LogP contribution in [0.1, 0.15) is 10.4 Å². The van der Waals surface area contributed by atoms with Crippen LogP contribution in [0.3, 0.4) is 0 Å². The van der Waals surface area contributed by atoms with Gasteiger partial charge in [0.05, 0.1) is 6.54 Å². The van der Waals surface area contributed by atoms with Gasteiger partial charge in [0.1, 0.15) is 25.8 Å². The van der Waals surface area contributed by atoms with E-state index in [9.17, 15) is 4.79 Å². The van der Waals surface area contributed by atoms with Gasteiger partial charge in [-0.05, 0) is 11.4 Å². The Morgan fingerprint density at radius 1 is 1.58 bits per heavy atom. The molecule has 1 amide bonds. The molecule has 2 aromatic heterocycles. The Kier molecular flexibility index (Phi) is 4.66. The van der Waals surface area contributed by atoms with Crippen LogP contribution in [0.4, 0.5) is 0 Å². The van der Waals surface area contributed by atoms with E-state index in [2.05, 4.69) is 27.2 Å². The van der Waals surface area contributed by atoms with Crippen LogP contribution in [-0.2, 0) is 17.9 Å². The first-order valence-corrected chi connectivity index (χ1v) is 6.43. The van der Waals surface area contributed by atoms with Crippen molar-refractivity contribution in [3.8, 4) is 11.8 Å². The molecule has 0 spiro atoms. The van der Waals surface area contributed by atoms with Gasteiger partial charge in [-0.25, -0.2) is 9.67 Å². The molecule has 98 valence electrons. The van der Waals surface area contributed by atoms with Crippen molar-refractivity contribution in [3.05, 3.63) is 34.5 Å². The zero-order chi connectivity index (χ0) is 13.5. The standard InChI is InChI=1S/C12H12N4O2S/c17-4-1-2-10-3-5-19-11(10)6-14-12(18)7-16-9-13-8-15-16/h3,5,8-9,17H,4,6-7H2,(H,14,18). The van der Waals surface area contributed by atoms with Crippen molar-refractivity contribution in [1.82, 2.24) is 20.1 Å². The van der Waals surface area contributed by atoms with Crippen molar-refractivity contribution >= 4 is 17.2 Å². The summed E-state index contributed by atoms with van der Waals surface area (Å²) in [6.45, 7) is 0.387. The lowest BCUT2D eigenvalue weighted by Gasteiger charge is -2.04. The minimum atomic E-state index is -0.173. The fourth-order valence-corrected chi connectivity index (χ4v) is 2.19. The van der Waals surface area contributed by atoms with E-state index < -0.39 is 0 Å². The van der Waals surface area contributed by atoms with Gasteiger partial charge < -0.3 is 10.4 Å². The lowest BCUT2D eigenvalue weighted by Crippen LogP contribution is -2.27. The third kappa shape index (κ3) is 3.91. The number of hydrogen-bond donors (Lipinski definition) is 2. The van der Waals surface area contributed by atoms with E-state index in [1.54, 1.807) is 0 Å². The van der Waals surface area contributed by atoms with Crippen LogP contribution in [0.15, 0.2) is 24.1 Å². The number of carbonyl (C=O) groups excluding carboxylic acids is 1. The van der Waals surface area contributed by atoms with Gasteiger partial charge in [0.2, 0.25) is 5.91 Å². The first kappa shape index (κ1) is 13.3. The van der Waals surface area contributed by atoms with Gasteiger partial charge in [0.25, 0.3) is 0 Å². The van der Waals surface area contributed by atoms with E-state index in [0.717, 1.165) is 10.4 Å². The summed E-state index contributed by atoms with van der Waals surface area (Å²) < 4.78 is 1.45. The Balaban J connectivity index is 1.88. The monoisotopic (exact) mass is 276 g/mol. The lowest BCUT2D eigenvalue weighted by atomic mass is 10.2. The maximum absolute atomic E-state index is 11.7. The number of amides is 1. The van der Waals surface area contributed by atoms with Crippen molar-refractivity contribution in [1.29, 1.82) is 0 Å². The number of aliphatic hydroxyl groups excluding tert-OH is 1. The van der Waals surface area contributed by atoms with Crippen molar-refractivity contribution in [2.24, 2.45) is 0 Å².